The maximum absolute atomic E-state index is 12.3. The molecule has 0 atom stereocenters. The summed E-state index contributed by atoms with van der Waals surface area (Å²) < 4.78 is 42.3. The average molecular weight is 308 g/mol. The van der Waals surface area contributed by atoms with Crippen molar-refractivity contribution in [2.45, 2.75) is 6.18 Å². The molecular formula is C12H6Cl2F3NO. The van der Waals surface area contributed by atoms with Gasteiger partial charge in [0.2, 0.25) is 5.88 Å². The quantitative estimate of drug-likeness (QED) is 0.760. The van der Waals surface area contributed by atoms with Crippen molar-refractivity contribution in [1.29, 1.82) is 0 Å². The minimum Gasteiger partial charge on any atom is -0.439 e. The Hall–Kier alpha value is -1.46. The van der Waals surface area contributed by atoms with E-state index in [-0.39, 0.29) is 10.9 Å². The van der Waals surface area contributed by atoms with Crippen LogP contribution in [0.5, 0.6) is 11.6 Å². The lowest BCUT2D eigenvalue weighted by molar-refractivity contribution is -0.137. The molecule has 0 aliphatic heterocycles. The third-order valence-corrected chi connectivity index (χ3v) is 2.92. The lowest BCUT2D eigenvalue weighted by Gasteiger charge is -2.08. The van der Waals surface area contributed by atoms with Crippen molar-refractivity contribution in [3.63, 3.8) is 0 Å². The molecule has 0 saturated heterocycles. The van der Waals surface area contributed by atoms with Gasteiger partial charge >= 0.3 is 6.18 Å². The maximum atomic E-state index is 12.3. The molecule has 0 radical (unpaired) electrons. The summed E-state index contributed by atoms with van der Waals surface area (Å²) >= 11 is 11.5. The van der Waals surface area contributed by atoms with E-state index < -0.39 is 11.7 Å². The molecule has 1 aromatic heterocycles. The van der Waals surface area contributed by atoms with Crippen LogP contribution in [0.25, 0.3) is 0 Å². The zero-order chi connectivity index (χ0) is 14.0. The predicted molar refractivity (Wildman–Crippen MR) is 65.8 cm³/mol. The highest BCUT2D eigenvalue weighted by Crippen LogP contribution is 2.31. The van der Waals surface area contributed by atoms with Gasteiger partial charge in [-0.25, -0.2) is 4.98 Å². The predicted octanol–water partition coefficient (Wildman–Crippen LogP) is 5.20. The molecule has 2 rings (SSSR count). The van der Waals surface area contributed by atoms with Gasteiger partial charge in [-0.3, -0.25) is 0 Å². The fourth-order valence-electron chi connectivity index (χ4n) is 1.27. The van der Waals surface area contributed by atoms with Crippen molar-refractivity contribution in [2.24, 2.45) is 0 Å². The summed E-state index contributed by atoms with van der Waals surface area (Å²) in [4.78, 5) is 3.57. The fraction of sp³-hybridized carbons (Fsp3) is 0.0833. The highest BCUT2D eigenvalue weighted by molar-refractivity contribution is 6.42. The van der Waals surface area contributed by atoms with Gasteiger partial charge in [0, 0.05) is 18.3 Å². The molecule has 0 aliphatic carbocycles. The Kier molecular flexibility index (Phi) is 3.87. The number of halogens is 5. The first-order chi connectivity index (χ1) is 8.86. The number of pyridine rings is 1. The average Bonchev–Trinajstić information content (AvgIpc) is 2.33. The van der Waals surface area contributed by atoms with E-state index in [1.54, 1.807) is 0 Å². The van der Waals surface area contributed by atoms with Gasteiger partial charge in [-0.1, -0.05) is 23.2 Å². The number of hydrogen-bond donors (Lipinski definition) is 0. The van der Waals surface area contributed by atoms with Gasteiger partial charge in [-0.15, -0.1) is 0 Å². The van der Waals surface area contributed by atoms with Crippen molar-refractivity contribution < 1.29 is 17.9 Å². The SMILES string of the molecule is FC(F)(F)c1ccc(Oc2ccc(Cl)c(Cl)c2)nc1. The van der Waals surface area contributed by atoms with Crippen molar-refractivity contribution in [3.8, 4) is 11.6 Å². The van der Waals surface area contributed by atoms with Crippen LogP contribution in [0, 0.1) is 0 Å². The number of ether oxygens (including phenoxy) is 1. The van der Waals surface area contributed by atoms with Crippen LogP contribution in [0.2, 0.25) is 10.0 Å². The third-order valence-electron chi connectivity index (χ3n) is 2.18. The van der Waals surface area contributed by atoms with Crippen LogP contribution in [-0.2, 0) is 6.18 Å². The van der Waals surface area contributed by atoms with E-state index in [2.05, 4.69) is 4.98 Å². The number of hydrogen-bond acceptors (Lipinski definition) is 2. The van der Waals surface area contributed by atoms with Gasteiger partial charge in [0.1, 0.15) is 5.75 Å². The molecule has 0 saturated carbocycles. The molecule has 0 N–H and O–H groups in total. The Labute approximate surface area is 116 Å². The normalized spacial score (nSPS) is 11.4. The van der Waals surface area contributed by atoms with Gasteiger partial charge in [-0.2, -0.15) is 13.2 Å². The Morgan fingerprint density at radius 2 is 1.74 bits per heavy atom. The number of benzene rings is 1. The van der Waals surface area contributed by atoms with Crippen LogP contribution >= 0.6 is 23.2 Å². The summed E-state index contributed by atoms with van der Waals surface area (Å²) in [7, 11) is 0. The maximum Gasteiger partial charge on any atom is 0.417 e. The molecule has 0 amide bonds. The molecule has 0 unspecified atom stereocenters. The molecule has 0 aliphatic rings. The summed E-state index contributed by atoms with van der Waals surface area (Å²) in [5, 5.41) is 0.639. The topological polar surface area (TPSA) is 22.1 Å². The number of alkyl halides is 3. The van der Waals surface area contributed by atoms with Crippen molar-refractivity contribution in [1.82, 2.24) is 4.98 Å². The Balaban J connectivity index is 2.17. The van der Waals surface area contributed by atoms with Crippen molar-refractivity contribution >= 4 is 23.2 Å². The highest BCUT2D eigenvalue weighted by atomic mass is 35.5. The highest BCUT2D eigenvalue weighted by Gasteiger charge is 2.30. The standard InChI is InChI=1S/C12H6Cl2F3NO/c13-9-3-2-8(5-10(9)14)19-11-4-1-7(6-18-11)12(15,16)17/h1-6H. The Bertz CT molecular complexity index is 585. The molecule has 0 bridgehead atoms. The first kappa shape index (κ1) is 14.0. The van der Waals surface area contributed by atoms with Gasteiger partial charge in [0.15, 0.2) is 0 Å². The van der Waals surface area contributed by atoms with Gasteiger partial charge in [-0.05, 0) is 18.2 Å². The first-order valence-corrected chi connectivity index (χ1v) is 5.78. The van der Waals surface area contributed by atoms with E-state index in [9.17, 15) is 13.2 Å². The minimum atomic E-state index is -4.42. The summed E-state index contributed by atoms with van der Waals surface area (Å²) in [6.07, 6.45) is -3.72. The molecule has 19 heavy (non-hydrogen) atoms. The molecule has 2 nitrogen and oxygen atoms in total. The summed E-state index contributed by atoms with van der Waals surface area (Å²) in [6.45, 7) is 0. The fourth-order valence-corrected chi connectivity index (χ4v) is 1.56. The lowest BCUT2D eigenvalue weighted by Crippen LogP contribution is -2.05. The van der Waals surface area contributed by atoms with Gasteiger partial charge < -0.3 is 4.74 Å². The van der Waals surface area contributed by atoms with E-state index in [1.165, 1.54) is 18.2 Å². The first-order valence-electron chi connectivity index (χ1n) is 5.02. The van der Waals surface area contributed by atoms with Crippen LogP contribution in [-0.4, -0.2) is 4.98 Å². The van der Waals surface area contributed by atoms with E-state index in [1.807, 2.05) is 0 Å². The number of nitrogens with zero attached hydrogens (tertiary/aromatic N) is 1. The molecular weight excluding hydrogens is 302 g/mol. The number of rotatable bonds is 2. The molecule has 2 aromatic rings. The Morgan fingerprint density at radius 3 is 2.26 bits per heavy atom. The lowest BCUT2D eigenvalue weighted by atomic mass is 10.3. The summed E-state index contributed by atoms with van der Waals surface area (Å²) in [5.41, 5.74) is -0.839. The second-order valence-electron chi connectivity index (χ2n) is 3.56. The van der Waals surface area contributed by atoms with Crippen LogP contribution in [0.3, 0.4) is 0 Å². The van der Waals surface area contributed by atoms with Crippen molar-refractivity contribution in [3.05, 3.63) is 52.1 Å². The van der Waals surface area contributed by atoms with E-state index in [4.69, 9.17) is 27.9 Å². The molecule has 7 heteroatoms. The van der Waals surface area contributed by atoms with E-state index in [0.717, 1.165) is 12.1 Å². The summed E-state index contributed by atoms with van der Waals surface area (Å²) in [6, 6.07) is 6.52. The molecule has 1 heterocycles. The van der Waals surface area contributed by atoms with Crippen molar-refractivity contribution in [2.75, 3.05) is 0 Å². The summed E-state index contributed by atoms with van der Waals surface area (Å²) in [5.74, 6) is 0.369. The minimum absolute atomic E-state index is 0.0337. The second-order valence-corrected chi connectivity index (χ2v) is 4.38. The largest absolute Gasteiger partial charge is 0.439 e. The van der Waals surface area contributed by atoms with E-state index in [0.29, 0.717) is 17.0 Å². The van der Waals surface area contributed by atoms with Crippen LogP contribution < -0.4 is 4.74 Å². The van der Waals surface area contributed by atoms with Gasteiger partial charge in [0.05, 0.1) is 15.6 Å². The molecule has 0 fully saturated rings. The van der Waals surface area contributed by atoms with Gasteiger partial charge in [0.25, 0.3) is 0 Å². The smallest absolute Gasteiger partial charge is 0.417 e. The monoisotopic (exact) mass is 307 g/mol. The Morgan fingerprint density at radius 1 is 1.00 bits per heavy atom. The van der Waals surface area contributed by atoms with Crippen LogP contribution in [0.4, 0.5) is 13.2 Å². The second kappa shape index (κ2) is 5.27. The number of aromatic nitrogens is 1. The molecule has 100 valence electrons. The van der Waals surface area contributed by atoms with Crippen LogP contribution in [0.1, 0.15) is 5.56 Å². The van der Waals surface area contributed by atoms with E-state index >= 15 is 0 Å². The molecule has 0 spiro atoms. The zero-order valence-electron chi connectivity index (χ0n) is 9.21. The zero-order valence-corrected chi connectivity index (χ0v) is 10.7. The molecule has 1 aromatic carbocycles. The van der Waals surface area contributed by atoms with Crippen LogP contribution in [0.15, 0.2) is 36.5 Å². The third kappa shape index (κ3) is 3.52.